The maximum absolute atomic E-state index is 12.9. The Bertz CT molecular complexity index is 1090. The van der Waals surface area contributed by atoms with Crippen molar-refractivity contribution in [3.05, 3.63) is 107 Å². The van der Waals surface area contributed by atoms with Crippen molar-refractivity contribution < 1.29 is 14.4 Å². The van der Waals surface area contributed by atoms with Crippen molar-refractivity contribution in [1.82, 2.24) is 15.6 Å². The minimum absolute atomic E-state index is 0.0161. The molecule has 1 fully saturated rings. The Balaban J connectivity index is 1.61. The van der Waals surface area contributed by atoms with Gasteiger partial charge in [0.05, 0.1) is 18.8 Å². The van der Waals surface area contributed by atoms with Crippen LogP contribution in [-0.4, -0.2) is 35.0 Å². The van der Waals surface area contributed by atoms with Crippen LogP contribution in [0.2, 0.25) is 0 Å². The van der Waals surface area contributed by atoms with Crippen LogP contribution in [0.1, 0.15) is 27.0 Å². The normalized spacial score (nSPS) is 13.0. The van der Waals surface area contributed by atoms with E-state index in [4.69, 9.17) is 0 Å². The van der Waals surface area contributed by atoms with Gasteiger partial charge in [0, 0.05) is 16.7 Å². The molecule has 1 heterocycles. The van der Waals surface area contributed by atoms with Gasteiger partial charge in [-0.05, 0) is 11.6 Å². The van der Waals surface area contributed by atoms with Crippen LogP contribution in [0.25, 0.3) is 0 Å². The topological polar surface area (TPSA) is 90.9 Å². The van der Waals surface area contributed by atoms with E-state index in [0.717, 1.165) is 16.0 Å². The van der Waals surface area contributed by atoms with Crippen LogP contribution in [0.15, 0.2) is 90.0 Å². The average molecular weight is 412 g/mol. The lowest BCUT2D eigenvalue weighted by atomic mass is 10.0. The molecule has 0 aliphatic carbocycles. The second kappa shape index (κ2) is 9.04. The van der Waals surface area contributed by atoms with E-state index in [2.05, 4.69) is 15.8 Å². The molecule has 1 aliphatic heterocycles. The van der Waals surface area contributed by atoms with Gasteiger partial charge in [-0.15, -0.1) is 0 Å². The molecule has 1 saturated heterocycles. The Labute approximate surface area is 179 Å². The number of hydrogen-bond acceptors (Lipinski definition) is 4. The van der Waals surface area contributed by atoms with Crippen molar-refractivity contribution >= 4 is 23.6 Å². The summed E-state index contributed by atoms with van der Waals surface area (Å²) >= 11 is 0. The predicted octanol–water partition coefficient (Wildman–Crippen LogP) is 2.92. The van der Waals surface area contributed by atoms with Gasteiger partial charge in [0.25, 0.3) is 5.91 Å². The highest BCUT2D eigenvalue weighted by molar-refractivity contribution is 6.13. The maximum Gasteiger partial charge on any atom is 0.324 e. The molecule has 1 aliphatic rings. The summed E-state index contributed by atoms with van der Waals surface area (Å²) in [4.78, 5) is 37.8. The molecule has 154 valence electrons. The predicted molar refractivity (Wildman–Crippen MR) is 116 cm³/mol. The third-order valence-corrected chi connectivity index (χ3v) is 4.89. The number of benzene rings is 3. The molecule has 4 amide bonds. The monoisotopic (exact) mass is 412 g/mol. The zero-order valence-corrected chi connectivity index (χ0v) is 16.6. The lowest BCUT2D eigenvalue weighted by molar-refractivity contribution is -0.125. The fourth-order valence-electron chi connectivity index (χ4n) is 3.32. The summed E-state index contributed by atoms with van der Waals surface area (Å²) in [7, 11) is 0. The number of carbonyl (C=O) groups is 3. The van der Waals surface area contributed by atoms with E-state index < -0.39 is 11.9 Å². The van der Waals surface area contributed by atoms with E-state index in [1.54, 1.807) is 24.3 Å². The van der Waals surface area contributed by atoms with Gasteiger partial charge in [-0.1, -0.05) is 78.9 Å². The second-order valence-corrected chi connectivity index (χ2v) is 6.93. The molecule has 0 aromatic heterocycles. The molecule has 0 saturated carbocycles. The van der Waals surface area contributed by atoms with Crippen LogP contribution in [0.5, 0.6) is 0 Å². The van der Waals surface area contributed by atoms with E-state index in [1.165, 1.54) is 0 Å². The van der Waals surface area contributed by atoms with E-state index in [-0.39, 0.29) is 19.0 Å². The van der Waals surface area contributed by atoms with Crippen molar-refractivity contribution in [3.8, 4) is 0 Å². The van der Waals surface area contributed by atoms with Crippen LogP contribution in [0, 0.1) is 0 Å². The quantitative estimate of drug-likeness (QED) is 0.371. The Morgan fingerprint density at radius 3 is 2.03 bits per heavy atom. The molecule has 3 aromatic carbocycles. The van der Waals surface area contributed by atoms with Crippen molar-refractivity contribution in [2.45, 2.75) is 6.54 Å². The average Bonchev–Trinajstić information content (AvgIpc) is 3.13. The number of urea groups is 1. The van der Waals surface area contributed by atoms with E-state index in [0.29, 0.717) is 16.8 Å². The van der Waals surface area contributed by atoms with E-state index in [1.807, 2.05) is 60.7 Å². The van der Waals surface area contributed by atoms with Gasteiger partial charge in [-0.3, -0.25) is 14.5 Å². The SMILES string of the molecule is O=C(NN=C(c1ccccc1)c1ccccc1)c1ccccc1CN1C(=O)CNC1=O. The van der Waals surface area contributed by atoms with Gasteiger partial charge in [0.1, 0.15) is 0 Å². The van der Waals surface area contributed by atoms with Gasteiger partial charge < -0.3 is 5.32 Å². The Hall–Kier alpha value is -4.26. The molecule has 3 aromatic rings. The first-order chi connectivity index (χ1) is 15.1. The second-order valence-electron chi connectivity index (χ2n) is 6.93. The number of hydrogen-bond donors (Lipinski definition) is 2. The number of imide groups is 1. The molecule has 31 heavy (non-hydrogen) atoms. The van der Waals surface area contributed by atoms with Crippen molar-refractivity contribution in [2.24, 2.45) is 5.10 Å². The lowest BCUT2D eigenvalue weighted by Gasteiger charge is -2.15. The van der Waals surface area contributed by atoms with Gasteiger partial charge in [-0.2, -0.15) is 5.10 Å². The molecule has 7 nitrogen and oxygen atoms in total. The number of nitrogens with zero attached hydrogens (tertiary/aromatic N) is 2. The maximum atomic E-state index is 12.9. The van der Waals surface area contributed by atoms with Crippen LogP contribution in [0.3, 0.4) is 0 Å². The smallest absolute Gasteiger partial charge is 0.324 e. The fraction of sp³-hybridized carbons (Fsp3) is 0.0833. The molecular weight excluding hydrogens is 392 g/mol. The summed E-state index contributed by atoms with van der Waals surface area (Å²) < 4.78 is 0. The Morgan fingerprint density at radius 2 is 1.45 bits per heavy atom. The zero-order valence-electron chi connectivity index (χ0n) is 16.6. The first-order valence-corrected chi connectivity index (χ1v) is 9.78. The first-order valence-electron chi connectivity index (χ1n) is 9.78. The molecule has 0 atom stereocenters. The summed E-state index contributed by atoms with van der Waals surface area (Å²) in [5.41, 5.74) is 5.88. The van der Waals surface area contributed by atoms with Gasteiger partial charge in [0.2, 0.25) is 5.91 Å². The highest BCUT2D eigenvalue weighted by Gasteiger charge is 2.29. The van der Waals surface area contributed by atoms with Crippen LogP contribution in [-0.2, 0) is 11.3 Å². The summed E-state index contributed by atoms with van der Waals surface area (Å²) in [6.07, 6.45) is 0. The van der Waals surface area contributed by atoms with Gasteiger partial charge >= 0.3 is 6.03 Å². The van der Waals surface area contributed by atoms with Gasteiger partial charge in [-0.25, -0.2) is 10.2 Å². The summed E-state index contributed by atoms with van der Waals surface area (Å²) in [6.45, 7) is -0.0167. The largest absolute Gasteiger partial charge is 0.329 e. The first kappa shape index (κ1) is 20.0. The number of rotatable bonds is 6. The molecule has 0 bridgehead atoms. The minimum Gasteiger partial charge on any atom is -0.329 e. The third kappa shape index (κ3) is 4.51. The summed E-state index contributed by atoms with van der Waals surface area (Å²) in [5.74, 6) is -0.749. The minimum atomic E-state index is -0.464. The van der Waals surface area contributed by atoms with E-state index in [9.17, 15) is 14.4 Å². The Kier molecular flexibility index (Phi) is 5.84. The fourth-order valence-corrected chi connectivity index (χ4v) is 3.32. The molecule has 7 heteroatoms. The van der Waals surface area contributed by atoms with Crippen LogP contribution < -0.4 is 10.7 Å². The number of hydrazone groups is 1. The molecule has 0 spiro atoms. The number of amides is 4. The van der Waals surface area contributed by atoms with Gasteiger partial charge in [0.15, 0.2) is 0 Å². The summed E-state index contributed by atoms with van der Waals surface area (Å²) in [6, 6.07) is 25.5. The standard InChI is InChI=1S/C24H20N4O3/c29-21-15-25-24(31)28(21)16-19-13-7-8-14-20(19)23(30)27-26-22(17-9-3-1-4-10-17)18-11-5-2-6-12-18/h1-14H,15-16H2,(H,25,31)(H,27,30). The van der Waals surface area contributed by atoms with E-state index >= 15 is 0 Å². The highest BCUT2D eigenvalue weighted by Crippen LogP contribution is 2.15. The summed E-state index contributed by atoms with van der Waals surface area (Å²) in [5, 5.41) is 6.88. The molecular formula is C24H20N4O3. The Morgan fingerprint density at radius 1 is 0.871 bits per heavy atom. The molecule has 2 N–H and O–H groups in total. The number of nitrogens with one attached hydrogen (secondary N) is 2. The zero-order chi connectivity index (χ0) is 21.6. The number of carbonyl (C=O) groups excluding carboxylic acids is 3. The van der Waals surface area contributed by atoms with Crippen molar-refractivity contribution in [1.29, 1.82) is 0 Å². The van der Waals surface area contributed by atoms with Crippen LogP contribution in [0.4, 0.5) is 4.79 Å². The van der Waals surface area contributed by atoms with Crippen molar-refractivity contribution in [3.63, 3.8) is 0 Å². The third-order valence-electron chi connectivity index (χ3n) is 4.89. The van der Waals surface area contributed by atoms with Crippen LogP contribution >= 0.6 is 0 Å². The molecule has 4 rings (SSSR count). The lowest BCUT2D eigenvalue weighted by Crippen LogP contribution is -2.31. The van der Waals surface area contributed by atoms with Crippen molar-refractivity contribution in [2.75, 3.05) is 6.54 Å². The molecule has 0 radical (unpaired) electrons. The highest BCUT2D eigenvalue weighted by atomic mass is 16.2. The molecule has 0 unspecified atom stereocenters.